The van der Waals surface area contributed by atoms with E-state index in [1.807, 2.05) is 19.9 Å². The maximum Gasteiger partial charge on any atom is 0.306 e. The van der Waals surface area contributed by atoms with Crippen molar-refractivity contribution in [2.75, 3.05) is 6.61 Å². The van der Waals surface area contributed by atoms with E-state index in [2.05, 4.69) is 0 Å². The highest BCUT2D eigenvalue weighted by atomic mass is 16.5. The van der Waals surface area contributed by atoms with Crippen molar-refractivity contribution in [1.82, 2.24) is 0 Å². The van der Waals surface area contributed by atoms with Gasteiger partial charge in [0.05, 0.1) is 25.7 Å². The number of hydrogen-bond acceptors (Lipinski definition) is 9. The van der Waals surface area contributed by atoms with Crippen molar-refractivity contribution < 1.29 is 53.6 Å². The number of aliphatic carboxylic acids is 2. The van der Waals surface area contributed by atoms with Crippen LogP contribution in [0.1, 0.15) is 72.1 Å². The van der Waals surface area contributed by atoms with Gasteiger partial charge >= 0.3 is 23.9 Å². The maximum absolute atomic E-state index is 13.5. The normalized spacial score (nSPS) is 37.2. The molecule has 0 unspecified atom stereocenters. The minimum Gasteiger partial charge on any atom is -0.481 e. The number of fused-ring (bicyclic) bond motifs is 5. The van der Waals surface area contributed by atoms with Gasteiger partial charge in [0.2, 0.25) is 5.78 Å². The topological polar surface area (TPSA) is 182 Å². The highest BCUT2D eigenvalue weighted by Gasteiger charge is 2.69. The van der Waals surface area contributed by atoms with E-state index < -0.39 is 78.1 Å². The van der Waals surface area contributed by atoms with Gasteiger partial charge in [0.1, 0.15) is 11.7 Å². The monoisotopic (exact) mass is 574 g/mol. The molecule has 3 fully saturated rings. The van der Waals surface area contributed by atoms with Crippen molar-refractivity contribution in [3.8, 4) is 0 Å². The summed E-state index contributed by atoms with van der Waals surface area (Å²) in [5, 5.41) is 29.8. The number of ether oxygens (including phenoxy) is 2. The van der Waals surface area contributed by atoms with E-state index in [0.29, 0.717) is 12.8 Å². The molecule has 0 amide bonds. The minimum atomic E-state index is -1.89. The number of carboxylic acid groups (broad SMARTS) is 2. The zero-order chi connectivity index (χ0) is 30.3. The second-order valence-electron chi connectivity index (χ2n) is 12.5. The molecule has 0 heterocycles. The number of Topliss-reactive ketones (excluding diaryl/α,β-unsaturated/α-hetero) is 1. The molecule has 11 nitrogen and oxygen atoms in total. The maximum atomic E-state index is 13.5. The summed E-state index contributed by atoms with van der Waals surface area (Å²) in [5.74, 6) is -5.17. The number of allylic oxidation sites excluding steroid dienone is 4. The SMILES string of the molecule is C[C@H]1C[C@@H]2[C@H]([C@@H](OC(=O)CCC(=O)O)C[C@@]3(C)[C@H]2CC[C@]3(O)C(=O)COC(=O)CCC(=O)O)[C@@]2(C)C=CC(=O)C=C12. The quantitative estimate of drug-likeness (QED) is 0.326. The molecule has 0 bridgehead atoms. The van der Waals surface area contributed by atoms with Crippen molar-refractivity contribution in [1.29, 1.82) is 0 Å². The first-order valence-electron chi connectivity index (χ1n) is 14.1. The van der Waals surface area contributed by atoms with Gasteiger partial charge in [0, 0.05) is 16.7 Å². The van der Waals surface area contributed by atoms with E-state index >= 15 is 0 Å². The Balaban J connectivity index is 1.66. The van der Waals surface area contributed by atoms with Gasteiger partial charge in [-0.15, -0.1) is 0 Å². The predicted molar refractivity (Wildman–Crippen MR) is 141 cm³/mol. The molecule has 8 atom stereocenters. The molecule has 224 valence electrons. The van der Waals surface area contributed by atoms with Crippen LogP contribution < -0.4 is 0 Å². The Kier molecular flexibility index (Phi) is 8.33. The molecule has 4 aliphatic rings. The van der Waals surface area contributed by atoms with Crippen LogP contribution in [0.4, 0.5) is 0 Å². The van der Waals surface area contributed by atoms with E-state index in [0.717, 1.165) is 5.57 Å². The average molecular weight is 575 g/mol. The lowest BCUT2D eigenvalue weighted by atomic mass is 9.44. The first-order valence-corrected chi connectivity index (χ1v) is 14.1. The standard InChI is InChI=1S/C30H38O11/c1-16-12-18-19-9-11-30(39,22(32)15-40-25(37)6-4-23(33)34)29(19,3)14-21(41-26(38)7-5-24(35)36)27(18)28(2)10-8-17(31)13-20(16)28/h8,10,13,16,18-19,21,27,39H,4-7,9,11-12,14-15H2,1-3H3,(H,33,34)(H,35,36)/t16-,18-,19-,21-,27+,28-,29-,30-/m0/s1. The molecule has 11 heteroatoms. The van der Waals surface area contributed by atoms with E-state index in [-0.39, 0.29) is 48.7 Å². The Morgan fingerprint density at radius 1 is 1.00 bits per heavy atom. The second-order valence-corrected chi connectivity index (χ2v) is 12.5. The van der Waals surface area contributed by atoms with Crippen LogP contribution in [0.5, 0.6) is 0 Å². The third-order valence-electron chi connectivity index (χ3n) is 10.1. The van der Waals surface area contributed by atoms with Crippen LogP contribution in [0.15, 0.2) is 23.8 Å². The van der Waals surface area contributed by atoms with E-state index in [9.17, 15) is 33.9 Å². The summed E-state index contributed by atoms with van der Waals surface area (Å²) in [7, 11) is 0. The number of hydrogen-bond donors (Lipinski definition) is 3. The lowest BCUT2D eigenvalue weighted by Gasteiger charge is -2.61. The lowest BCUT2D eigenvalue weighted by molar-refractivity contribution is -0.195. The Labute approximate surface area is 237 Å². The number of carbonyl (C=O) groups is 6. The molecule has 4 aliphatic carbocycles. The molecular weight excluding hydrogens is 536 g/mol. The molecule has 0 aromatic rings. The molecule has 0 aromatic carbocycles. The summed E-state index contributed by atoms with van der Waals surface area (Å²) in [6.45, 7) is 5.14. The zero-order valence-corrected chi connectivity index (χ0v) is 23.6. The van der Waals surface area contributed by atoms with Gasteiger partial charge in [-0.05, 0) is 55.6 Å². The van der Waals surface area contributed by atoms with Gasteiger partial charge in [-0.2, -0.15) is 0 Å². The number of rotatable bonds is 10. The van der Waals surface area contributed by atoms with Gasteiger partial charge in [0.25, 0.3) is 0 Å². The van der Waals surface area contributed by atoms with Gasteiger partial charge in [-0.3, -0.25) is 28.8 Å². The predicted octanol–water partition coefficient (Wildman–Crippen LogP) is 2.64. The molecule has 0 aliphatic heterocycles. The molecular formula is C30H38O11. The molecule has 3 saturated carbocycles. The van der Waals surface area contributed by atoms with Crippen molar-refractivity contribution in [3.05, 3.63) is 23.8 Å². The average Bonchev–Trinajstić information content (AvgIpc) is 3.16. The fourth-order valence-electron chi connectivity index (χ4n) is 8.27. The first kappa shape index (κ1) is 30.6. The Hall–Kier alpha value is -3.34. The van der Waals surface area contributed by atoms with Gasteiger partial charge in [-0.25, -0.2) is 0 Å². The third-order valence-corrected chi connectivity index (χ3v) is 10.1. The highest BCUT2D eigenvalue weighted by Crippen LogP contribution is 2.68. The molecule has 3 N–H and O–H groups in total. The van der Waals surface area contributed by atoms with Gasteiger partial charge in [0.15, 0.2) is 12.4 Å². The highest BCUT2D eigenvalue weighted by molar-refractivity contribution is 6.01. The summed E-state index contributed by atoms with van der Waals surface area (Å²) >= 11 is 0. The Bertz CT molecular complexity index is 1220. The zero-order valence-electron chi connectivity index (χ0n) is 23.6. The van der Waals surface area contributed by atoms with Crippen LogP contribution in [0.2, 0.25) is 0 Å². The summed E-state index contributed by atoms with van der Waals surface area (Å²) in [4.78, 5) is 72.4. The summed E-state index contributed by atoms with van der Waals surface area (Å²) < 4.78 is 11.0. The van der Waals surface area contributed by atoms with Crippen molar-refractivity contribution >= 4 is 35.4 Å². The van der Waals surface area contributed by atoms with E-state index in [4.69, 9.17) is 19.7 Å². The largest absolute Gasteiger partial charge is 0.481 e. The van der Waals surface area contributed by atoms with Crippen LogP contribution >= 0.6 is 0 Å². The number of aliphatic hydroxyl groups is 1. The second kappa shape index (κ2) is 11.2. The minimum absolute atomic E-state index is 0.0143. The van der Waals surface area contributed by atoms with Crippen LogP contribution in [-0.4, -0.2) is 69.1 Å². The smallest absolute Gasteiger partial charge is 0.306 e. The summed E-state index contributed by atoms with van der Waals surface area (Å²) in [6.07, 6.45) is 4.06. The Morgan fingerprint density at radius 3 is 2.27 bits per heavy atom. The molecule has 41 heavy (non-hydrogen) atoms. The van der Waals surface area contributed by atoms with Crippen molar-refractivity contribution in [3.63, 3.8) is 0 Å². The van der Waals surface area contributed by atoms with E-state index in [1.54, 1.807) is 13.0 Å². The van der Waals surface area contributed by atoms with Crippen LogP contribution in [0.25, 0.3) is 0 Å². The number of ketones is 2. The van der Waals surface area contributed by atoms with Gasteiger partial charge in [-0.1, -0.05) is 32.4 Å². The van der Waals surface area contributed by atoms with Gasteiger partial charge < -0.3 is 24.8 Å². The lowest BCUT2D eigenvalue weighted by Crippen LogP contribution is -2.63. The van der Waals surface area contributed by atoms with Crippen molar-refractivity contribution in [2.45, 2.75) is 83.8 Å². The van der Waals surface area contributed by atoms with Crippen LogP contribution in [0, 0.1) is 34.5 Å². The fraction of sp³-hybridized carbons (Fsp3) is 0.667. The fourth-order valence-corrected chi connectivity index (χ4v) is 8.27. The molecule has 0 spiro atoms. The Morgan fingerprint density at radius 2 is 1.63 bits per heavy atom. The third kappa shape index (κ3) is 5.48. The van der Waals surface area contributed by atoms with Crippen LogP contribution in [-0.2, 0) is 38.2 Å². The number of carbonyl (C=O) groups excluding carboxylic acids is 4. The van der Waals surface area contributed by atoms with Crippen LogP contribution in [0.3, 0.4) is 0 Å². The molecule has 0 aromatic heterocycles. The summed E-state index contributed by atoms with van der Waals surface area (Å²) in [6, 6.07) is 0. The molecule has 0 saturated heterocycles. The first-order chi connectivity index (χ1) is 19.1. The molecule has 4 rings (SSSR count). The number of carboxylic acids is 2. The summed E-state index contributed by atoms with van der Waals surface area (Å²) in [5.41, 5.74) is -2.62. The van der Waals surface area contributed by atoms with Crippen molar-refractivity contribution in [2.24, 2.45) is 34.5 Å². The number of esters is 2. The molecule has 0 radical (unpaired) electrons. The van der Waals surface area contributed by atoms with E-state index in [1.165, 1.54) is 6.08 Å².